The second kappa shape index (κ2) is 12.5. The number of hydrogen-bond donors (Lipinski definition) is 2. The van der Waals surface area contributed by atoms with Gasteiger partial charge in [-0.05, 0) is 20.3 Å². The first-order chi connectivity index (χ1) is 4.13. The van der Waals surface area contributed by atoms with Crippen molar-refractivity contribution in [3.8, 4) is 0 Å². The van der Waals surface area contributed by atoms with Crippen LogP contribution in [0.3, 0.4) is 0 Å². The summed E-state index contributed by atoms with van der Waals surface area (Å²) in [4.78, 5) is 0. The molecule has 0 spiro atoms. The third-order valence-corrected chi connectivity index (χ3v) is 0.682. The van der Waals surface area contributed by atoms with Crippen molar-refractivity contribution in [3.05, 3.63) is 7.43 Å². The topological polar surface area (TPSA) is 40.5 Å². The molecular formula is C6H15ClO2Os-. The van der Waals surface area contributed by atoms with Gasteiger partial charge in [-0.2, -0.15) is 0 Å². The minimum atomic E-state index is -0.375. The van der Waals surface area contributed by atoms with E-state index in [0.717, 1.165) is 0 Å². The molecule has 0 aromatic rings. The SMILES string of the molecule is CC(O)CC(C)O.[CH3-].[Cl][Os]. The second-order valence-electron chi connectivity index (χ2n) is 1.93. The summed E-state index contributed by atoms with van der Waals surface area (Å²) in [5, 5.41) is 17.1. The average molecular weight is 345 g/mol. The first kappa shape index (κ1) is 17.1. The summed E-state index contributed by atoms with van der Waals surface area (Å²) >= 11 is 1.33. The van der Waals surface area contributed by atoms with Crippen LogP contribution in [0.25, 0.3) is 0 Å². The van der Waals surface area contributed by atoms with E-state index in [1.807, 2.05) is 0 Å². The monoisotopic (exact) mass is 346 g/mol. The Labute approximate surface area is 77.5 Å². The third kappa shape index (κ3) is 23.2. The van der Waals surface area contributed by atoms with E-state index in [9.17, 15) is 0 Å². The molecular weight excluding hydrogens is 330 g/mol. The molecule has 0 radical (unpaired) electrons. The normalized spacial score (nSPS) is 13.8. The molecule has 2 N–H and O–H groups in total. The predicted octanol–water partition coefficient (Wildman–Crippen LogP) is 1.28. The average Bonchev–Trinajstić information content (AvgIpc) is 1.68. The summed E-state index contributed by atoms with van der Waals surface area (Å²) in [6, 6.07) is 0. The minimum absolute atomic E-state index is 0. The van der Waals surface area contributed by atoms with Gasteiger partial charge in [-0.15, -0.1) is 0 Å². The molecule has 2 nitrogen and oxygen atoms in total. The van der Waals surface area contributed by atoms with Crippen molar-refractivity contribution in [1.29, 1.82) is 0 Å². The van der Waals surface area contributed by atoms with Crippen LogP contribution < -0.4 is 0 Å². The Hall–Kier alpha value is 0.846. The number of aliphatic hydroxyl groups excluding tert-OH is 2. The van der Waals surface area contributed by atoms with Crippen LogP contribution in [0, 0.1) is 7.43 Å². The Balaban J connectivity index is -0.000000149. The van der Waals surface area contributed by atoms with Gasteiger partial charge in [0.25, 0.3) is 0 Å². The molecule has 2 unspecified atom stereocenters. The second-order valence-corrected chi connectivity index (χ2v) is 1.93. The fourth-order valence-electron chi connectivity index (χ4n) is 0.494. The van der Waals surface area contributed by atoms with E-state index in [1.165, 1.54) is 17.6 Å². The molecule has 67 valence electrons. The van der Waals surface area contributed by atoms with Gasteiger partial charge in [0, 0.05) is 0 Å². The molecule has 0 heterocycles. The van der Waals surface area contributed by atoms with Crippen LogP contribution >= 0.6 is 9.64 Å². The fraction of sp³-hybridized carbons (Fsp3) is 0.833. The molecule has 0 aliphatic heterocycles. The van der Waals surface area contributed by atoms with Crippen molar-refractivity contribution >= 4 is 9.64 Å². The van der Waals surface area contributed by atoms with Crippen molar-refractivity contribution in [2.75, 3.05) is 0 Å². The Bertz CT molecular complexity index is 45.0. The molecule has 2 atom stereocenters. The van der Waals surface area contributed by atoms with Gasteiger partial charge in [-0.1, -0.05) is 0 Å². The summed E-state index contributed by atoms with van der Waals surface area (Å²) in [7, 11) is 4.67. The van der Waals surface area contributed by atoms with Crippen LogP contribution in [-0.4, -0.2) is 22.4 Å². The standard InChI is InChI=1S/C5H12O2.CH3.ClH.Os/c1-4(6)3-5(2)7;;;/h4-7H,3H2,1-2H3;1H3;1H;/q;-1;;+1/p-1. The molecule has 0 aliphatic rings. The van der Waals surface area contributed by atoms with Crippen LogP contribution in [-0.2, 0) is 17.6 Å². The first-order valence-electron chi connectivity index (χ1n) is 2.62. The van der Waals surface area contributed by atoms with Gasteiger partial charge in [0.15, 0.2) is 0 Å². The van der Waals surface area contributed by atoms with E-state index in [4.69, 9.17) is 10.2 Å². The first-order valence-corrected chi connectivity index (χ1v) is 5.77. The Morgan fingerprint density at radius 2 is 1.40 bits per heavy atom. The van der Waals surface area contributed by atoms with E-state index < -0.39 is 0 Å². The maximum atomic E-state index is 8.56. The molecule has 0 amide bonds. The molecule has 0 rings (SSSR count). The molecule has 10 heavy (non-hydrogen) atoms. The maximum absolute atomic E-state index is 8.56. The van der Waals surface area contributed by atoms with Crippen molar-refractivity contribution in [1.82, 2.24) is 0 Å². The zero-order chi connectivity index (χ0) is 7.86. The zero-order valence-corrected chi connectivity index (χ0v) is 9.78. The fourth-order valence-corrected chi connectivity index (χ4v) is 0.494. The van der Waals surface area contributed by atoms with Crippen molar-refractivity contribution in [2.24, 2.45) is 0 Å². The van der Waals surface area contributed by atoms with Crippen molar-refractivity contribution < 1.29 is 27.8 Å². The van der Waals surface area contributed by atoms with E-state index >= 15 is 0 Å². The van der Waals surface area contributed by atoms with Gasteiger partial charge in [0.05, 0.1) is 12.2 Å². The van der Waals surface area contributed by atoms with Crippen LogP contribution in [0.4, 0.5) is 0 Å². The molecule has 0 fully saturated rings. The third-order valence-electron chi connectivity index (χ3n) is 0.682. The van der Waals surface area contributed by atoms with Crippen molar-refractivity contribution in [2.45, 2.75) is 32.5 Å². The number of hydrogen-bond acceptors (Lipinski definition) is 2. The van der Waals surface area contributed by atoms with Crippen LogP contribution in [0.2, 0.25) is 0 Å². The molecule has 0 aromatic carbocycles. The van der Waals surface area contributed by atoms with E-state index in [0.29, 0.717) is 6.42 Å². The summed E-state index contributed by atoms with van der Waals surface area (Å²) in [5.74, 6) is 0. The Kier molecular flexibility index (Phi) is 21.4. The van der Waals surface area contributed by atoms with Gasteiger partial charge in [0.2, 0.25) is 0 Å². The molecule has 0 aliphatic carbocycles. The number of rotatable bonds is 2. The van der Waals surface area contributed by atoms with Gasteiger partial charge < -0.3 is 17.6 Å². The van der Waals surface area contributed by atoms with E-state index in [-0.39, 0.29) is 19.6 Å². The van der Waals surface area contributed by atoms with Gasteiger partial charge >= 0.3 is 27.2 Å². The Morgan fingerprint density at radius 1 is 1.20 bits per heavy atom. The molecule has 4 heteroatoms. The zero-order valence-electron chi connectivity index (χ0n) is 6.49. The van der Waals surface area contributed by atoms with Crippen molar-refractivity contribution in [3.63, 3.8) is 0 Å². The van der Waals surface area contributed by atoms with Crippen LogP contribution in [0.15, 0.2) is 0 Å². The molecule has 0 saturated heterocycles. The van der Waals surface area contributed by atoms with Gasteiger partial charge in [0.1, 0.15) is 0 Å². The van der Waals surface area contributed by atoms with Crippen LogP contribution in [0.1, 0.15) is 20.3 Å². The molecule has 0 bridgehead atoms. The summed E-state index contributed by atoms with van der Waals surface area (Å²) in [5.41, 5.74) is 0. The molecule has 0 saturated carbocycles. The van der Waals surface area contributed by atoms with E-state index in [2.05, 4.69) is 9.64 Å². The summed E-state index contributed by atoms with van der Waals surface area (Å²) in [6.45, 7) is 3.32. The predicted molar refractivity (Wildman–Crippen MR) is 40.2 cm³/mol. The van der Waals surface area contributed by atoms with Crippen LogP contribution in [0.5, 0.6) is 0 Å². The summed E-state index contributed by atoms with van der Waals surface area (Å²) < 4.78 is 0. The van der Waals surface area contributed by atoms with E-state index in [1.54, 1.807) is 13.8 Å². The number of halogens is 1. The van der Waals surface area contributed by atoms with Gasteiger partial charge in [-0.3, -0.25) is 0 Å². The Morgan fingerprint density at radius 3 is 1.40 bits per heavy atom. The molecule has 0 aromatic heterocycles. The number of aliphatic hydroxyl groups is 2. The quantitative estimate of drug-likeness (QED) is 0.741. The van der Waals surface area contributed by atoms with Gasteiger partial charge in [-0.25, -0.2) is 0 Å². The summed E-state index contributed by atoms with van der Waals surface area (Å²) in [6.07, 6.45) is -0.278.